The Balaban J connectivity index is 1.56. The van der Waals surface area contributed by atoms with E-state index in [0.29, 0.717) is 48.4 Å². The van der Waals surface area contributed by atoms with Crippen LogP contribution in [0.15, 0.2) is 59.5 Å². The molecule has 0 aliphatic heterocycles. The molecule has 9 heteroatoms. The van der Waals surface area contributed by atoms with Crippen molar-refractivity contribution >= 4 is 5.69 Å². The number of nitrogens with zero attached hydrogens (tertiary/aromatic N) is 4. The van der Waals surface area contributed by atoms with E-state index >= 15 is 0 Å². The second kappa shape index (κ2) is 8.72. The number of hydrogen-bond acceptors (Lipinski definition) is 7. The molecular weight excluding hydrogens is 372 g/mol. The number of furan rings is 1. The summed E-state index contributed by atoms with van der Waals surface area (Å²) in [5.74, 6) is 1.00. The number of aromatic nitrogens is 5. The fraction of sp³-hybridized carbons (Fsp3) is 0.250. The van der Waals surface area contributed by atoms with E-state index in [1.54, 1.807) is 35.4 Å². The molecule has 0 aliphatic carbocycles. The van der Waals surface area contributed by atoms with Gasteiger partial charge in [-0.15, -0.1) is 0 Å². The van der Waals surface area contributed by atoms with Gasteiger partial charge in [0.05, 0.1) is 36.3 Å². The van der Waals surface area contributed by atoms with Gasteiger partial charge in [-0.25, -0.2) is 0 Å². The molecule has 0 amide bonds. The molecule has 0 bridgehead atoms. The van der Waals surface area contributed by atoms with E-state index in [1.165, 1.54) is 0 Å². The predicted molar refractivity (Wildman–Crippen MR) is 107 cm³/mol. The van der Waals surface area contributed by atoms with E-state index in [9.17, 15) is 5.11 Å². The van der Waals surface area contributed by atoms with E-state index in [2.05, 4.69) is 25.6 Å². The van der Waals surface area contributed by atoms with Gasteiger partial charge in [-0.05, 0) is 31.2 Å². The van der Waals surface area contributed by atoms with Crippen LogP contribution in [0, 0.1) is 0 Å². The molecule has 0 saturated carbocycles. The van der Waals surface area contributed by atoms with Gasteiger partial charge in [0.15, 0.2) is 12.0 Å². The average molecular weight is 394 g/mol. The zero-order valence-electron chi connectivity index (χ0n) is 15.9. The van der Waals surface area contributed by atoms with Crippen molar-refractivity contribution in [2.75, 3.05) is 18.5 Å². The van der Waals surface area contributed by atoms with Crippen molar-refractivity contribution in [1.82, 2.24) is 25.0 Å². The minimum absolute atomic E-state index is 0.384. The first-order valence-corrected chi connectivity index (χ1v) is 9.34. The highest BCUT2D eigenvalue weighted by atomic mass is 16.5. The fourth-order valence-electron chi connectivity index (χ4n) is 2.89. The molecular formula is C20H22N6O3. The number of pyridine rings is 1. The number of H-pyrrole nitrogens is 1. The van der Waals surface area contributed by atoms with Crippen LogP contribution in [0.3, 0.4) is 0 Å². The summed E-state index contributed by atoms with van der Waals surface area (Å²) in [5.41, 5.74) is 2.80. The lowest BCUT2D eigenvalue weighted by Crippen LogP contribution is -2.09. The number of aromatic amines is 1. The van der Waals surface area contributed by atoms with Crippen molar-refractivity contribution in [3.8, 4) is 22.7 Å². The number of ether oxygens (including phenoxy) is 1. The summed E-state index contributed by atoms with van der Waals surface area (Å²) in [6, 6.07) is 9.12. The van der Waals surface area contributed by atoms with Crippen LogP contribution in [-0.2, 0) is 11.3 Å². The smallest absolute Gasteiger partial charge is 0.184 e. The highest BCUT2D eigenvalue weighted by Gasteiger charge is 2.19. The lowest BCUT2D eigenvalue weighted by Gasteiger charge is -2.11. The number of aliphatic hydroxyl groups excluding tert-OH is 1. The SMILES string of the molecule is CCOCCn1cc(NC(O)c2ccc(-c3cn[nH]c3)o2)c(-c2ccccn2)n1. The number of aliphatic hydroxyl groups is 1. The Morgan fingerprint density at radius 1 is 1.31 bits per heavy atom. The first-order chi connectivity index (χ1) is 14.2. The maximum absolute atomic E-state index is 10.7. The third-order valence-corrected chi connectivity index (χ3v) is 4.31. The molecule has 3 N–H and O–H groups in total. The Bertz CT molecular complexity index is 1030. The largest absolute Gasteiger partial charge is 0.456 e. The monoisotopic (exact) mass is 394 g/mol. The van der Waals surface area contributed by atoms with Crippen LogP contribution in [-0.4, -0.2) is 43.3 Å². The molecule has 1 atom stereocenters. The normalized spacial score (nSPS) is 12.2. The molecule has 150 valence electrons. The van der Waals surface area contributed by atoms with E-state index in [-0.39, 0.29) is 0 Å². The van der Waals surface area contributed by atoms with Crippen molar-refractivity contribution in [1.29, 1.82) is 0 Å². The Hall–Kier alpha value is -3.43. The number of rotatable bonds is 9. The fourth-order valence-corrected chi connectivity index (χ4v) is 2.89. The zero-order valence-corrected chi connectivity index (χ0v) is 15.9. The quantitative estimate of drug-likeness (QED) is 0.295. The molecule has 4 heterocycles. The number of anilines is 1. The minimum Gasteiger partial charge on any atom is -0.456 e. The minimum atomic E-state index is -1.05. The molecule has 0 spiro atoms. The van der Waals surface area contributed by atoms with Gasteiger partial charge >= 0.3 is 0 Å². The highest BCUT2D eigenvalue weighted by Crippen LogP contribution is 2.30. The standard InChI is InChI=1S/C20H22N6O3/c1-2-28-10-9-26-13-16(19(25-26)15-5-3-4-8-21-15)24-20(27)18-7-6-17(29-18)14-11-22-23-12-14/h3-8,11-13,20,24,27H,2,9-10H2,1H3,(H,22,23). The van der Waals surface area contributed by atoms with Gasteiger partial charge in [-0.3, -0.25) is 14.8 Å². The van der Waals surface area contributed by atoms with Crippen molar-refractivity contribution in [3.05, 3.63) is 60.9 Å². The van der Waals surface area contributed by atoms with Gasteiger partial charge in [0.25, 0.3) is 0 Å². The second-order valence-corrected chi connectivity index (χ2v) is 6.30. The molecule has 0 radical (unpaired) electrons. The molecule has 0 fully saturated rings. The summed E-state index contributed by atoms with van der Waals surface area (Å²) in [5, 5.41) is 25.0. The molecule has 1 unspecified atom stereocenters. The van der Waals surface area contributed by atoms with Crippen molar-refractivity contribution in [2.24, 2.45) is 0 Å². The van der Waals surface area contributed by atoms with Crippen molar-refractivity contribution < 1.29 is 14.3 Å². The zero-order chi connectivity index (χ0) is 20.1. The van der Waals surface area contributed by atoms with Crippen molar-refractivity contribution in [3.63, 3.8) is 0 Å². The van der Waals surface area contributed by atoms with Crippen LogP contribution in [0.1, 0.15) is 18.9 Å². The number of nitrogens with one attached hydrogen (secondary N) is 2. The molecule has 29 heavy (non-hydrogen) atoms. The number of hydrogen-bond donors (Lipinski definition) is 3. The van der Waals surface area contributed by atoms with Gasteiger partial charge in [0.1, 0.15) is 11.5 Å². The third kappa shape index (κ3) is 4.36. The van der Waals surface area contributed by atoms with E-state index < -0.39 is 6.23 Å². The van der Waals surface area contributed by atoms with Gasteiger partial charge < -0.3 is 19.6 Å². The van der Waals surface area contributed by atoms with Crippen LogP contribution in [0.5, 0.6) is 0 Å². The lowest BCUT2D eigenvalue weighted by molar-refractivity contribution is 0.136. The maximum Gasteiger partial charge on any atom is 0.184 e. The summed E-state index contributed by atoms with van der Waals surface area (Å²) in [7, 11) is 0. The molecule has 4 rings (SSSR count). The van der Waals surface area contributed by atoms with Gasteiger partial charge in [-0.2, -0.15) is 10.2 Å². The van der Waals surface area contributed by atoms with E-state index in [0.717, 1.165) is 5.56 Å². The topological polar surface area (TPSA) is 114 Å². The summed E-state index contributed by atoms with van der Waals surface area (Å²) in [4.78, 5) is 4.37. The first-order valence-electron chi connectivity index (χ1n) is 9.34. The van der Waals surface area contributed by atoms with Gasteiger partial charge in [0.2, 0.25) is 0 Å². The molecule has 9 nitrogen and oxygen atoms in total. The molecule has 0 saturated heterocycles. The Morgan fingerprint density at radius 2 is 2.24 bits per heavy atom. The summed E-state index contributed by atoms with van der Waals surface area (Å²) in [6.45, 7) is 3.74. The highest BCUT2D eigenvalue weighted by molar-refractivity contribution is 5.71. The average Bonchev–Trinajstić information content (AvgIpc) is 3.49. The van der Waals surface area contributed by atoms with Gasteiger partial charge in [0, 0.05) is 25.2 Å². The summed E-state index contributed by atoms with van der Waals surface area (Å²) < 4.78 is 12.9. The summed E-state index contributed by atoms with van der Waals surface area (Å²) in [6.07, 6.45) is 5.86. The van der Waals surface area contributed by atoms with Crippen LogP contribution in [0.4, 0.5) is 5.69 Å². The van der Waals surface area contributed by atoms with Crippen LogP contribution in [0.25, 0.3) is 22.7 Å². The van der Waals surface area contributed by atoms with Crippen LogP contribution in [0.2, 0.25) is 0 Å². The molecule has 4 aromatic rings. The maximum atomic E-state index is 10.7. The van der Waals surface area contributed by atoms with Crippen molar-refractivity contribution in [2.45, 2.75) is 19.7 Å². The second-order valence-electron chi connectivity index (χ2n) is 6.30. The molecule has 0 aromatic carbocycles. The van der Waals surface area contributed by atoms with Crippen LogP contribution < -0.4 is 5.32 Å². The molecule has 0 aliphatic rings. The third-order valence-electron chi connectivity index (χ3n) is 4.31. The molecule has 4 aromatic heterocycles. The predicted octanol–water partition coefficient (Wildman–Crippen LogP) is 3.07. The Morgan fingerprint density at radius 3 is 3.00 bits per heavy atom. The van der Waals surface area contributed by atoms with Crippen LogP contribution >= 0.6 is 0 Å². The lowest BCUT2D eigenvalue weighted by atomic mass is 10.2. The van der Waals surface area contributed by atoms with Gasteiger partial charge in [-0.1, -0.05) is 6.07 Å². The first kappa shape index (κ1) is 18.9. The van der Waals surface area contributed by atoms with E-state index in [1.807, 2.05) is 31.3 Å². The Kier molecular flexibility index (Phi) is 5.68. The Labute approximate surface area is 167 Å². The van der Waals surface area contributed by atoms with E-state index in [4.69, 9.17) is 9.15 Å². The summed E-state index contributed by atoms with van der Waals surface area (Å²) >= 11 is 0.